The highest BCUT2D eigenvalue weighted by atomic mass is 35.5. The fraction of sp³-hybridized carbons (Fsp3) is 0.278. The molecule has 2 aromatic rings. The van der Waals surface area contributed by atoms with Gasteiger partial charge in [0.1, 0.15) is 0 Å². The van der Waals surface area contributed by atoms with E-state index in [1.807, 2.05) is 49.4 Å². The van der Waals surface area contributed by atoms with Crippen LogP contribution in [-0.4, -0.2) is 5.91 Å². The SMILES string of the molecule is CCC[C@@H](C(=O)Nc1ccc(C)c(Cl)c1)c1ccccc1. The molecule has 0 saturated carbocycles. The largest absolute Gasteiger partial charge is 0.326 e. The monoisotopic (exact) mass is 301 g/mol. The van der Waals surface area contributed by atoms with Crippen molar-refractivity contribution in [1.82, 2.24) is 0 Å². The first-order chi connectivity index (χ1) is 10.1. The minimum absolute atomic E-state index is 0.0166. The molecular formula is C18H20ClNO. The number of carbonyl (C=O) groups is 1. The van der Waals surface area contributed by atoms with Gasteiger partial charge in [-0.15, -0.1) is 0 Å². The topological polar surface area (TPSA) is 29.1 Å². The van der Waals surface area contributed by atoms with Gasteiger partial charge in [-0.3, -0.25) is 4.79 Å². The first-order valence-corrected chi connectivity index (χ1v) is 7.61. The first-order valence-electron chi connectivity index (χ1n) is 7.23. The molecule has 0 heterocycles. The number of amides is 1. The number of hydrogen-bond donors (Lipinski definition) is 1. The Morgan fingerprint density at radius 1 is 1.19 bits per heavy atom. The minimum atomic E-state index is -0.128. The van der Waals surface area contributed by atoms with Crippen molar-refractivity contribution in [2.75, 3.05) is 5.32 Å². The number of carbonyl (C=O) groups excluding carboxylic acids is 1. The molecule has 0 unspecified atom stereocenters. The van der Waals surface area contributed by atoms with E-state index < -0.39 is 0 Å². The Morgan fingerprint density at radius 2 is 1.90 bits per heavy atom. The maximum atomic E-state index is 12.5. The first kappa shape index (κ1) is 15.6. The number of benzene rings is 2. The van der Waals surface area contributed by atoms with Gasteiger partial charge in [0.2, 0.25) is 5.91 Å². The van der Waals surface area contributed by atoms with Gasteiger partial charge in [0.25, 0.3) is 0 Å². The zero-order chi connectivity index (χ0) is 15.2. The molecule has 0 fully saturated rings. The van der Waals surface area contributed by atoms with Crippen LogP contribution in [0.1, 0.15) is 36.8 Å². The Kier molecular flexibility index (Phi) is 5.40. The van der Waals surface area contributed by atoms with Crippen LogP contribution >= 0.6 is 11.6 Å². The molecule has 3 heteroatoms. The van der Waals surface area contributed by atoms with Crippen molar-refractivity contribution < 1.29 is 4.79 Å². The summed E-state index contributed by atoms with van der Waals surface area (Å²) in [7, 11) is 0. The second-order valence-electron chi connectivity index (χ2n) is 5.21. The van der Waals surface area contributed by atoms with Crippen LogP contribution < -0.4 is 5.32 Å². The molecule has 0 aliphatic heterocycles. The molecule has 2 aromatic carbocycles. The molecule has 1 N–H and O–H groups in total. The highest BCUT2D eigenvalue weighted by molar-refractivity contribution is 6.31. The van der Waals surface area contributed by atoms with Crippen molar-refractivity contribution in [2.45, 2.75) is 32.6 Å². The summed E-state index contributed by atoms with van der Waals surface area (Å²) >= 11 is 6.10. The number of rotatable bonds is 5. The smallest absolute Gasteiger partial charge is 0.231 e. The van der Waals surface area contributed by atoms with Crippen LogP contribution in [0.15, 0.2) is 48.5 Å². The fourth-order valence-electron chi connectivity index (χ4n) is 2.32. The molecular weight excluding hydrogens is 282 g/mol. The zero-order valence-electron chi connectivity index (χ0n) is 12.4. The van der Waals surface area contributed by atoms with Crippen molar-refractivity contribution in [3.63, 3.8) is 0 Å². The molecule has 21 heavy (non-hydrogen) atoms. The van der Waals surface area contributed by atoms with Gasteiger partial charge in [-0.2, -0.15) is 0 Å². The second kappa shape index (κ2) is 7.28. The van der Waals surface area contributed by atoms with Gasteiger partial charge in [0.05, 0.1) is 5.92 Å². The predicted octanol–water partition coefficient (Wildman–Crippen LogP) is 5.17. The lowest BCUT2D eigenvalue weighted by atomic mass is 9.93. The molecule has 1 amide bonds. The van der Waals surface area contributed by atoms with E-state index in [4.69, 9.17) is 11.6 Å². The number of hydrogen-bond acceptors (Lipinski definition) is 1. The van der Waals surface area contributed by atoms with Crippen molar-refractivity contribution >= 4 is 23.2 Å². The average Bonchev–Trinajstić information content (AvgIpc) is 2.49. The van der Waals surface area contributed by atoms with Gasteiger partial charge in [-0.25, -0.2) is 0 Å². The van der Waals surface area contributed by atoms with Crippen molar-refractivity contribution in [3.05, 3.63) is 64.7 Å². The molecule has 0 bridgehead atoms. The summed E-state index contributed by atoms with van der Waals surface area (Å²) < 4.78 is 0. The van der Waals surface area contributed by atoms with E-state index in [0.29, 0.717) is 5.02 Å². The second-order valence-corrected chi connectivity index (χ2v) is 5.61. The third-order valence-corrected chi connectivity index (χ3v) is 3.94. The van der Waals surface area contributed by atoms with Crippen LogP contribution in [0, 0.1) is 6.92 Å². The molecule has 0 aromatic heterocycles. The molecule has 2 rings (SSSR count). The molecule has 0 radical (unpaired) electrons. The average molecular weight is 302 g/mol. The van der Waals surface area contributed by atoms with Crippen LogP contribution in [0.3, 0.4) is 0 Å². The lowest BCUT2D eigenvalue weighted by Crippen LogP contribution is -2.21. The standard InChI is InChI=1S/C18H20ClNO/c1-3-7-16(14-8-5-4-6-9-14)18(21)20-15-11-10-13(2)17(19)12-15/h4-6,8-12,16H,3,7H2,1-2H3,(H,20,21)/t16-/m1/s1. The third kappa shape index (κ3) is 4.08. The van der Waals surface area contributed by atoms with E-state index in [1.54, 1.807) is 6.07 Å². The van der Waals surface area contributed by atoms with E-state index >= 15 is 0 Å². The number of halogens is 1. The van der Waals surface area contributed by atoms with E-state index in [2.05, 4.69) is 12.2 Å². The summed E-state index contributed by atoms with van der Waals surface area (Å²) in [5.41, 5.74) is 2.80. The molecule has 0 saturated heterocycles. The molecule has 2 nitrogen and oxygen atoms in total. The van der Waals surface area contributed by atoms with Gasteiger partial charge >= 0.3 is 0 Å². The minimum Gasteiger partial charge on any atom is -0.326 e. The van der Waals surface area contributed by atoms with Gasteiger partial charge in [-0.05, 0) is 36.6 Å². The Morgan fingerprint density at radius 3 is 2.52 bits per heavy atom. The summed E-state index contributed by atoms with van der Waals surface area (Å²) in [6.45, 7) is 4.03. The molecule has 0 spiro atoms. The predicted molar refractivity (Wildman–Crippen MR) is 88.9 cm³/mol. The molecule has 0 aliphatic carbocycles. The Bertz CT molecular complexity index is 610. The lowest BCUT2D eigenvalue weighted by molar-refractivity contribution is -0.117. The van der Waals surface area contributed by atoms with Crippen molar-refractivity contribution in [1.29, 1.82) is 0 Å². The van der Waals surface area contributed by atoms with Crippen LogP contribution in [0.2, 0.25) is 5.02 Å². The maximum Gasteiger partial charge on any atom is 0.231 e. The molecule has 1 atom stereocenters. The van der Waals surface area contributed by atoms with Crippen molar-refractivity contribution in [2.24, 2.45) is 0 Å². The van der Waals surface area contributed by atoms with Gasteiger partial charge in [0.15, 0.2) is 0 Å². The summed E-state index contributed by atoms with van der Waals surface area (Å²) in [5, 5.41) is 3.64. The number of anilines is 1. The quantitative estimate of drug-likeness (QED) is 0.811. The maximum absolute atomic E-state index is 12.5. The van der Waals surface area contributed by atoms with E-state index in [-0.39, 0.29) is 11.8 Å². The molecule has 0 aliphatic rings. The Balaban J connectivity index is 2.17. The zero-order valence-corrected chi connectivity index (χ0v) is 13.2. The lowest BCUT2D eigenvalue weighted by Gasteiger charge is -2.17. The number of nitrogens with one attached hydrogen (secondary N) is 1. The third-order valence-electron chi connectivity index (χ3n) is 3.54. The van der Waals surface area contributed by atoms with E-state index in [9.17, 15) is 4.79 Å². The summed E-state index contributed by atoms with van der Waals surface area (Å²) in [6.07, 6.45) is 1.79. The van der Waals surface area contributed by atoms with Crippen LogP contribution in [0.4, 0.5) is 5.69 Å². The summed E-state index contributed by atoms with van der Waals surface area (Å²) in [4.78, 5) is 12.5. The van der Waals surface area contributed by atoms with Crippen LogP contribution in [0.5, 0.6) is 0 Å². The summed E-state index contributed by atoms with van der Waals surface area (Å²) in [6, 6.07) is 15.5. The number of aryl methyl sites for hydroxylation is 1. The van der Waals surface area contributed by atoms with Gasteiger partial charge in [-0.1, -0.05) is 61.3 Å². The fourth-order valence-corrected chi connectivity index (χ4v) is 2.50. The van der Waals surface area contributed by atoms with Crippen molar-refractivity contribution in [3.8, 4) is 0 Å². The highest BCUT2D eigenvalue weighted by Gasteiger charge is 2.19. The Hall–Kier alpha value is -1.80. The molecule has 110 valence electrons. The van der Waals surface area contributed by atoms with E-state index in [1.165, 1.54) is 0 Å². The van der Waals surface area contributed by atoms with Gasteiger partial charge < -0.3 is 5.32 Å². The van der Waals surface area contributed by atoms with E-state index in [0.717, 1.165) is 29.7 Å². The normalized spacial score (nSPS) is 12.0. The highest BCUT2D eigenvalue weighted by Crippen LogP contribution is 2.25. The van der Waals surface area contributed by atoms with Crippen LogP contribution in [-0.2, 0) is 4.79 Å². The van der Waals surface area contributed by atoms with Gasteiger partial charge in [0, 0.05) is 10.7 Å². The van der Waals surface area contributed by atoms with Crippen LogP contribution in [0.25, 0.3) is 0 Å². The summed E-state index contributed by atoms with van der Waals surface area (Å²) in [5.74, 6) is -0.112. The Labute approximate surface area is 131 Å².